The second kappa shape index (κ2) is 7.13. The van der Waals surface area contributed by atoms with Crippen molar-refractivity contribution in [2.24, 2.45) is 0 Å². The summed E-state index contributed by atoms with van der Waals surface area (Å²) in [5, 5.41) is 16.8. The van der Waals surface area contributed by atoms with Crippen molar-refractivity contribution >= 4 is 5.69 Å². The van der Waals surface area contributed by atoms with Crippen molar-refractivity contribution in [3.63, 3.8) is 0 Å². The molecule has 18 heavy (non-hydrogen) atoms. The topological polar surface area (TPSA) is 70.4 Å². The largest absolute Gasteiger partial charge is 0.390 e. The lowest BCUT2D eigenvalue weighted by Gasteiger charge is -2.17. The summed E-state index contributed by atoms with van der Waals surface area (Å²) < 4.78 is 1.29. The molecule has 1 aromatic rings. The molecule has 6 nitrogen and oxygen atoms in total. The highest BCUT2D eigenvalue weighted by Gasteiger charge is 2.08. The predicted molar refractivity (Wildman–Crippen MR) is 72.0 cm³/mol. The number of hydrogen-bond acceptors (Lipinski definition) is 5. The van der Waals surface area contributed by atoms with Crippen LogP contribution in [0.1, 0.15) is 13.8 Å². The number of aromatic nitrogens is 2. The molecule has 102 valence electrons. The molecule has 0 saturated carbocycles. The SMILES string of the molecule is CCNCC(O)Cn1ncc(N(C)CC)cc1=O. The summed E-state index contributed by atoms with van der Waals surface area (Å²) in [5.41, 5.74) is 0.600. The van der Waals surface area contributed by atoms with E-state index in [-0.39, 0.29) is 12.1 Å². The van der Waals surface area contributed by atoms with Crippen LogP contribution >= 0.6 is 0 Å². The lowest BCUT2D eigenvalue weighted by atomic mass is 10.3. The Labute approximate surface area is 107 Å². The van der Waals surface area contributed by atoms with Gasteiger partial charge in [0.25, 0.3) is 5.56 Å². The number of anilines is 1. The van der Waals surface area contributed by atoms with E-state index in [0.29, 0.717) is 6.54 Å². The van der Waals surface area contributed by atoms with Crippen molar-refractivity contribution in [2.75, 3.05) is 31.6 Å². The van der Waals surface area contributed by atoms with E-state index in [2.05, 4.69) is 10.4 Å². The molecule has 1 aromatic heterocycles. The molecule has 0 bridgehead atoms. The van der Waals surface area contributed by atoms with Gasteiger partial charge in [-0.15, -0.1) is 0 Å². The van der Waals surface area contributed by atoms with Crippen LogP contribution in [0.3, 0.4) is 0 Å². The molecule has 0 spiro atoms. The lowest BCUT2D eigenvalue weighted by molar-refractivity contribution is 0.145. The first-order valence-electron chi connectivity index (χ1n) is 6.25. The van der Waals surface area contributed by atoms with Crippen LogP contribution in [-0.2, 0) is 6.54 Å². The van der Waals surface area contributed by atoms with E-state index in [9.17, 15) is 9.90 Å². The van der Waals surface area contributed by atoms with Gasteiger partial charge in [-0.2, -0.15) is 5.10 Å². The Kier molecular flexibility index (Phi) is 5.80. The zero-order valence-electron chi connectivity index (χ0n) is 11.3. The van der Waals surface area contributed by atoms with Crippen LogP contribution in [0.4, 0.5) is 5.69 Å². The second-order valence-electron chi connectivity index (χ2n) is 4.21. The molecule has 1 atom stereocenters. The van der Waals surface area contributed by atoms with Crippen molar-refractivity contribution in [3.8, 4) is 0 Å². The smallest absolute Gasteiger partial charge is 0.268 e. The maximum absolute atomic E-state index is 11.8. The molecule has 0 aliphatic heterocycles. The number of aliphatic hydroxyl groups is 1. The van der Waals surface area contributed by atoms with Gasteiger partial charge in [0.2, 0.25) is 0 Å². The van der Waals surface area contributed by atoms with E-state index >= 15 is 0 Å². The van der Waals surface area contributed by atoms with Gasteiger partial charge < -0.3 is 15.3 Å². The first kappa shape index (κ1) is 14.7. The summed E-state index contributed by atoms with van der Waals surface area (Å²) in [7, 11) is 1.90. The molecule has 0 saturated heterocycles. The standard InChI is InChI=1S/C12H22N4O2/c1-4-13-8-11(17)9-16-12(18)6-10(7-14-16)15(3)5-2/h6-7,11,13,17H,4-5,8-9H2,1-3H3. The van der Waals surface area contributed by atoms with Crippen LogP contribution in [0.5, 0.6) is 0 Å². The highest BCUT2D eigenvalue weighted by atomic mass is 16.3. The molecule has 0 fully saturated rings. The van der Waals surface area contributed by atoms with Gasteiger partial charge in [0, 0.05) is 26.2 Å². The van der Waals surface area contributed by atoms with Gasteiger partial charge in [-0.3, -0.25) is 4.79 Å². The number of rotatable bonds is 7. The lowest BCUT2D eigenvalue weighted by Crippen LogP contribution is -2.35. The average Bonchev–Trinajstić information content (AvgIpc) is 2.37. The fraction of sp³-hybridized carbons (Fsp3) is 0.667. The van der Waals surface area contributed by atoms with Crippen LogP contribution in [0, 0.1) is 0 Å². The van der Waals surface area contributed by atoms with Crippen molar-refractivity contribution in [1.82, 2.24) is 15.1 Å². The summed E-state index contributed by atoms with van der Waals surface area (Å²) in [6.07, 6.45) is 1.04. The Morgan fingerprint density at radius 2 is 2.28 bits per heavy atom. The average molecular weight is 254 g/mol. The first-order valence-corrected chi connectivity index (χ1v) is 6.25. The minimum atomic E-state index is -0.607. The molecular weight excluding hydrogens is 232 g/mol. The summed E-state index contributed by atoms with van der Waals surface area (Å²) in [6, 6.07) is 1.54. The highest BCUT2D eigenvalue weighted by molar-refractivity contribution is 5.41. The maximum atomic E-state index is 11.8. The van der Waals surface area contributed by atoms with Gasteiger partial charge >= 0.3 is 0 Å². The minimum absolute atomic E-state index is 0.191. The molecule has 0 radical (unpaired) electrons. The Hall–Kier alpha value is -1.40. The van der Waals surface area contributed by atoms with Crippen molar-refractivity contribution < 1.29 is 5.11 Å². The van der Waals surface area contributed by atoms with Crippen LogP contribution in [-0.4, -0.2) is 47.7 Å². The summed E-state index contributed by atoms with van der Waals surface area (Å²) in [4.78, 5) is 13.8. The number of likely N-dealkylation sites (N-methyl/N-ethyl adjacent to an activating group) is 1. The van der Waals surface area contributed by atoms with E-state index in [4.69, 9.17) is 0 Å². The van der Waals surface area contributed by atoms with E-state index in [1.54, 1.807) is 6.20 Å². The number of hydrogen-bond donors (Lipinski definition) is 2. The maximum Gasteiger partial charge on any atom is 0.268 e. The van der Waals surface area contributed by atoms with Crippen molar-refractivity contribution in [2.45, 2.75) is 26.5 Å². The fourth-order valence-electron chi connectivity index (χ4n) is 1.53. The number of nitrogens with zero attached hydrogens (tertiary/aromatic N) is 3. The third-order valence-electron chi connectivity index (χ3n) is 2.78. The normalized spacial score (nSPS) is 12.4. The van der Waals surface area contributed by atoms with Crippen LogP contribution < -0.4 is 15.8 Å². The minimum Gasteiger partial charge on any atom is -0.390 e. The van der Waals surface area contributed by atoms with Gasteiger partial charge in [0.1, 0.15) is 0 Å². The molecule has 6 heteroatoms. The Morgan fingerprint density at radius 1 is 1.56 bits per heavy atom. The quantitative estimate of drug-likeness (QED) is 0.697. The third-order valence-corrected chi connectivity index (χ3v) is 2.78. The monoisotopic (exact) mass is 254 g/mol. The molecule has 0 amide bonds. The molecule has 0 aliphatic carbocycles. The number of nitrogens with one attached hydrogen (secondary N) is 1. The van der Waals surface area contributed by atoms with E-state index in [0.717, 1.165) is 18.8 Å². The molecule has 2 N–H and O–H groups in total. The summed E-state index contributed by atoms with van der Waals surface area (Å²) >= 11 is 0. The predicted octanol–water partition coefficient (Wildman–Crippen LogP) is -0.330. The van der Waals surface area contributed by atoms with E-state index in [1.165, 1.54) is 10.7 Å². The fourth-order valence-corrected chi connectivity index (χ4v) is 1.53. The van der Waals surface area contributed by atoms with Crippen LogP contribution in [0.2, 0.25) is 0 Å². The first-order chi connectivity index (χ1) is 8.58. The zero-order valence-corrected chi connectivity index (χ0v) is 11.3. The van der Waals surface area contributed by atoms with Crippen LogP contribution in [0.15, 0.2) is 17.1 Å². The van der Waals surface area contributed by atoms with Crippen LogP contribution in [0.25, 0.3) is 0 Å². The van der Waals surface area contributed by atoms with E-state index < -0.39 is 6.10 Å². The Bertz CT molecular complexity index is 419. The molecular formula is C12H22N4O2. The third kappa shape index (κ3) is 4.12. The van der Waals surface area contributed by atoms with Crippen molar-refractivity contribution in [3.05, 3.63) is 22.6 Å². The van der Waals surface area contributed by atoms with Gasteiger partial charge in [-0.25, -0.2) is 4.68 Å². The van der Waals surface area contributed by atoms with E-state index in [1.807, 2.05) is 25.8 Å². The summed E-state index contributed by atoms with van der Waals surface area (Å²) in [6.45, 7) is 6.25. The Morgan fingerprint density at radius 3 is 2.83 bits per heavy atom. The molecule has 1 rings (SSSR count). The zero-order chi connectivity index (χ0) is 13.5. The van der Waals surface area contributed by atoms with Crippen molar-refractivity contribution in [1.29, 1.82) is 0 Å². The molecule has 1 unspecified atom stereocenters. The Balaban J connectivity index is 2.71. The molecule has 0 aromatic carbocycles. The molecule has 0 aliphatic rings. The second-order valence-corrected chi connectivity index (χ2v) is 4.21. The summed E-state index contributed by atoms with van der Waals surface area (Å²) in [5.74, 6) is 0. The molecule has 1 heterocycles. The van der Waals surface area contributed by atoms with Gasteiger partial charge in [0.15, 0.2) is 0 Å². The van der Waals surface area contributed by atoms with Gasteiger partial charge in [-0.1, -0.05) is 6.92 Å². The highest BCUT2D eigenvalue weighted by Crippen LogP contribution is 2.05. The van der Waals surface area contributed by atoms with Gasteiger partial charge in [0.05, 0.1) is 24.5 Å². The van der Waals surface area contributed by atoms with Gasteiger partial charge in [-0.05, 0) is 13.5 Å². The number of aliphatic hydroxyl groups excluding tert-OH is 1.